The van der Waals surface area contributed by atoms with Crippen molar-refractivity contribution >= 4 is 33.4 Å². The average Bonchev–Trinajstić information content (AvgIpc) is 2.91. The van der Waals surface area contributed by atoms with Gasteiger partial charge in [0.05, 0.1) is 11.4 Å². The minimum atomic E-state index is -3.93. The number of nitrogens with zero attached hydrogens (tertiary/aromatic N) is 2. The van der Waals surface area contributed by atoms with Crippen molar-refractivity contribution in [2.24, 2.45) is 0 Å². The van der Waals surface area contributed by atoms with Crippen LogP contribution in [0.5, 0.6) is 0 Å². The van der Waals surface area contributed by atoms with E-state index in [1.807, 2.05) is 57.2 Å². The number of hydrogen-bond acceptors (Lipinski definition) is 4. The maximum atomic E-state index is 13.9. The van der Waals surface area contributed by atoms with Gasteiger partial charge in [0.25, 0.3) is 0 Å². The Labute approximate surface area is 236 Å². The van der Waals surface area contributed by atoms with Gasteiger partial charge in [-0.3, -0.25) is 9.59 Å². The largest absolute Gasteiger partial charge is 0.352 e. The Morgan fingerprint density at radius 3 is 2.21 bits per heavy atom. The monoisotopic (exact) mass is 569 g/mol. The number of amides is 2. The topological polar surface area (TPSA) is 86.8 Å². The van der Waals surface area contributed by atoms with Gasteiger partial charge in [0.1, 0.15) is 6.04 Å². The number of carbonyl (C=O) groups is 2. The summed E-state index contributed by atoms with van der Waals surface area (Å²) in [4.78, 5) is 29.0. The molecule has 0 aliphatic carbocycles. The van der Waals surface area contributed by atoms with Crippen LogP contribution in [0, 0.1) is 6.92 Å². The summed E-state index contributed by atoms with van der Waals surface area (Å²) < 4.78 is 27.5. The Kier molecular flexibility index (Phi) is 10.7. The summed E-state index contributed by atoms with van der Waals surface area (Å²) in [6.45, 7) is 5.40. The van der Waals surface area contributed by atoms with Gasteiger partial charge in [-0.25, -0.2) is 8.42 Å². The lowest BCUT2D eigenvalue weighted by molar-refractivity contribution is -0.141. The summed E-state index contributed by atoms with van der Waals surface area (Å²) >= 11 is 6.22. The van der Waals surface area contributed by atoms with E-state index in [0.29, 0.717) is 5.02 Å². The molecule has 0 spiro atoms. The molecule has 3 aromatic rings. The molecule has 0 aromatic heterocycles. The fraction of sp³-hybridized carbons (Fsp3) is 0.333. The molecule has 0 bridgehead atoms. The lowest BCUT2D eigenvalue weighted by Crippen LogP contribution is -2.54. The molecule has 0 saturated heterocycles. The highest BCUT2D eigenvalue weighted by Crippen LogP contribution is 2.20. The Balaban J connectivity index is 1.98. The SMILES string of the molecule is CC[C@H](C)NC(=O)[C@H](Cc1ccccc1)N(Cc1cccc(Cl)c1)C(=O)CN(C)S(=O)(=O)c1ccc(C)cc1. The zero-order chi connectivity index (χ0) is 28.6. The lowest BCUT2D eigenvalue weighted by atomic mass is 10.0. The lowest BCUT2D eigenvalue weighted by Gasteiger charge is -2.33. The molecule has 2 amide bonds. The summed E-state index contributed by atoms with van der Waals surface area (Å²) in [6.07, 6.45) is 0.993. The number of carbonyl (C=O) groups excluding carboxylic acids is 2. The van der Waals surface area contributed by atoms with E-state index in [2.05, 4.69) is 5.32 Å². The Bertz CT molecular complexity index is 1360. The van der Waals surface area contributed by atoms with Crippen molar-refractivity contribution in [3.8, 4) is 0 Å². The molecular weight excluding hydrogens is 534 g/mol. The van der Waals surface area contributed by atoms with E-state index in [1.165, 1.54) is 24.1 Å². The van der Waals surface area contributed by atoms with Crippen LogP contribution in [0.25, 0.3) is 0 Å². The smallest absolute Gasteiger partial charge is 0.243 e. The molecule has 0 saturated carbocycles. The number of benzene rings is 3. The van der Waals surface area contributed by atoms with Crippen LogP contribution < -0.4 is 5.32 Å². The third-order valence-electron chi connectivity index (χ3n) is 6.60. The summed E-state index contributed by atoms with van der Waals surface area (Å²) in [5, 5.41) is 3.51. The van der Waals surface area contributed by atoms with Gasteiger partial charge in [-0.15, -0.1) is 0 Å². The van der Waals surface area contributed by atoms with Crippen LogP contribution >= 0.6 is 11.6 Å². The first-order chi connectivity index (χ1) is 18.5. The van der Waals surface area contributed by atoms with Crippen molar-refractivity contribution in [3.63, 3.8) is 0 Å². The highest BCUT2D eigenvalue weighted by molar-refractivity contribution is 7.89. The van der Waals surface area contributed by atoms with E-state index in [9.17, 15) is 18.0 Å². The van der Waals surface area contributed by atoms with E-state index < -0.39 is 28.5 Å². The Morgan fingerprint density at radius 2 is 1.59 bits per heavy atom. The molecule has 0 aliphatic rings. The number of rotatable bonds is 12. The van der Waals surface area contributed by atoms with Crippen LogP contribution in [0.3, 0.4) is 0 Å². The van der Waals surface area contributed by atoms with Crippen LogP contribution in [0.4, 0.5) is 0 Å². The zero-order valence-corrected chi connectivity index (χ0v) is 24.4. The molecule has 0 heterocycles. The molecule has 0 fully saturated rings. The molecule has 0 unspecified atom stereocenters. The van der Waals surface area contributed by atoms with E-state index in [0.717, 1.165) is 27.4 Å². The quantitative estimate of drug-likeness (QED) is 0.339. The van der Waals surface area contributed by atoms with Crippen LogP contribution in [0.15, 0.2) is 83.8 Å². The van der Waals surface area contributed by atoms with Gasteiger partial charge >= 0.3 is 0 Å². The standard InChI is InChI=1S/C30H36ClN3O4S/c1-5-23(3)32-30(36)28(19-24-10-7-6-8-11-24)34(20-25-12-9-13-26(31)18-25)29(35)21-33(4)39(37,38)27-16-14-22(2)15-17-27/h6-18,23,28H,5,19-21H2,1-4H3,(H,32,36)/t23-,28-/m0/s1. The molecule has 0 aliphatic heterocycles. The van der Waals surface area contributed by atoms with Crippen molar-refractivity contribution in [1.82, 2.24) is 14.5 Å². The summed E-state index contributed by atoms with van der Waals surface area (Å²) in [5.74, 6) is -0.791. The number of halogens is 1. The average molecular weight is 570 g/mol. The number of nitrogens with one attached hydrogen (secondary N) is 1. The maximum Gasteiger partial charge on any atom is 0.243 e. The molecule has 39 heavy (non-hydrogen) atoms. The van der Waals surface area contributed by atoms with Gasteiger partial charge in [-0.1, -0.05) is 78.7 Å². The highest BCUT2D eigenvalue weighted by Gasteiger charge is 2.33. The third-order valence-corrected chi connectivity index (χ3v) is 8.65. The highest BCUT2D eigenvalue weighted by atomic mass is 35.5. The van der Waals surface area contributed by atoms with Gasteiger partial charge in [0.2, 0.25) is 21.8 Å². The number of aryl methyl sites for hydroxylation is 1. The third kappa shape index (κ3) is 8.39. The van der Waals surface area contributed by atoms with Gasteiger partial charge in [-0.05, 0) is 55.7 Å². The first-order valence-electron chi connectivity index (χ1n) is 12.9. The van der Waals surface area contributed by atoms with Crippen LogP contribution in [-0.4, -0.2) is 55.1 Å². The van der Waals surface area contributed by atoms with Crippen LogP contribution in [-0.2, 0) is 32.6 Å². The minimum Gasteiger partial charge on any atom is -0.352 e. The second kappa shape index (κ2) is 13.7. The van der Waals surface area contributed by atoms with Crippen molar-refractivity contribution in [1.29, 1.82) is 0 Å². The number of sulfonamides is 1. The summed E-state index contributed by atoms with van der Waals surface area (Å²) in [5.41, 5.74) is 2.54. The van der Waals surface area contributed by atoms with E-state index in [4.69, 9.17) is 11.6 Å². The molecule has 1 N–H and O–H groups in total. The van der Waals surface area contributed by atoms with Crippen LogP contribution in [0.2, 0.25) is 5.02 Å². The molecule has 9 heteroatoms. The maximum absolute atomic E-state index is 13.9. The van der Waals surface area contributed by atoms with Crippen molar-refractivity contribution < 1.29 is 18.0 Å². The van der Waals surface area contributed by atoms with Gasteiger partial charge < -0.3 is 10.2 Å². The first kappa shape index (κ1) is 30.3. The fourth-order valence-corrected chi connectivity index (χ4v) is 5.42. The predicted octanol–water partition coefficient (Wildman–Crippen LogP) is 4.82. The molecule has 0 radical (unpaired) electrons. The van der Waals surface area contributed by atoms with Gasteiger partial charge in [0, 0.05) is 31.1 Å². The number of hydrogen-bond donors (Lipinski definition) is 1. The zero-order valence-electron chi connectivity index (χ0n) is 22.8. The van der Waals surface area contributed by atoms with E-state index in [-0.39, 0.29) is 29.8 Å². The molecule has 3 rings (SSSR count). The van der Waals surface area contributed by atoms with E-state index in [1.54, 1.807) is 30.3 Å². The summed E-state index contributed by atoms with van der Waals surface area (Å²) in [7, 11) is -2.56. The second-order valence-corrected chi connectivity index (χ2v) is 12.2. The Hall–Kier alpha value is -3.20. The predicted molar refractivity (Wildman–Crippen MR) is 155 cm³/mol. The molecule has 208 valence electrons. The van der Waals surface area contributed by atoms with Gasteiger partial charge in [-0.2, -0.15) is 4.31 Å². The van der Waals surface area contributed by atoms with E-state index >= 15 is 0 Å². The van der Waals surface area contributed by atoms with Crippen molar-refractivity contribution in [2.75, 3.05) is 13.6 Å². The molecule has 3 aromatic carbocycles. The normalized spacial score (nSPS) is 13.1. The Morgan fingerprint density at radius 1 is 0.949 bits per heavy atom. The summed E-state index contributed by atoms with van der Waals surface area (Å²) in [6, 6.07) is 22.0. The van der Waals surface area contributed by atoms with Crippen LogP contribution in [0.1, 0.15) is 37.0 Å². The number of likely N-dealkylation sites (N-methyl/N-ethyl adjacent to an activating group) is 1. The minimum absolute atomic E-state index is 0.0865. The first-order valence-corrected chi connectivity index (χ1v) is 14.7. The fourth-order valence-electron chi connectivity index (χ4n) is 4.08. The van der Waals surface area contributed by atoms with Crippen molar-refractivity contribution in [3.05, 3.63) is 101 Å². The molecule has 7 nitrogen and oxygen atoms in total. The molecule has 2 atom stereocenters. The molecular formula is C30H36ClN3O4S. The van der Waals surface area contributed by atoms with Crippen molar-refractivity contribution in [2.45, 2.75) is 57.1 Å². The second-order valence-electron chi connectivity index (χ2n) is 9.75. The van der Waals surface area contributed by atoms with Gasteiger partial charge in [0.15, 0.2) is 0 Å².